The molecule has 0 aliphatic carbocycles. The van der Waals surface area contributed by atoms with E-state index in [0.717, 1.165) is 12.1 Å². The number of nitriles is 1. The number of halogens is 3. The van der Waals surface area contributed by atoms with E-state index in [1.807, 2.05) is 0 Å². The second-order valence-electron chi connectivity index (χ2n) is 3.96. The van der Waals surface area contributed by atoms with Crippen LogP contribution in [-0.2, 0) is 6.18 Å². The van der Waals surface area contributed by atoms with Crippen molar-refractivity contribution in [3.63, 3.8) is 0 Å². The first kappa shape index (κ1) is 13.9. The standard InChI is InChI=1S/C14H9F3N2O/c1-20-13-5-4-11(8-19-13)9-2-3-10(7-18)12(6-9)14(15,16)17/h2-6,8H,1H3. The first-order valence-corrected chi connectivity index (χ1v) is 5.57. The van der Waals surface area contributed by atoms with Crippen LogP contribution in [0.5, 0.6) is 5.88 Å². The quantitative estimate of drug-likeness (QED) is 0.842. The number of nitrogens with zero attached hydrogens (tertiary/aromatic N) is 2. The van der Waals surface area contributed by atoms with Crippen LogP contribution in [0.3, 0.4) is 0 Å². The van der Waals surface area contributed by atoms with Gasteiger partial charge in [-0.05, 0) is 23.8 Å². The average Bonchev–Trinajstić information content (AvgIpc) is 2.46. The van der Waals surface area contributed by atoms with Gasteiger partial charge in [-0.15, -0.1) is 0 Å². The third kappa shape index (κ3) is 2.72. The highest BCUT2D eigenvalue weighted by Crippen LogP contribution is 2.34. The van der Waals surface area contributed by atoms with Crippen LogP contribution in [0.4, 0.5) is 13.2 Å². The summed E-state index contributed by atoms with van der Waals surface area (Å²) in [5.41, 5.74) is -0.497. The predicted octanol–water partition coefficient (Wildman–Crippen LogP) is 3.65. The molecule has 0 radical (unpaired) electrons. The summed E-state index contributed by atoms with van der Waals surface area (Å²) in [6.07, 6.45) is -3.15. The van der Waals surface area contributed by atoms with Crippen LogP contribution in [0.1, 0.15) is 11.1 Å². The molecule has 0 unspecified atom stereocenters. The lowest BCUT2D eigenvalue weighted by molar-refractivity contribution is -0.137. The second-order valence-corrected chi connectivity index (χ2v) is 3.96. The number of aromatic nitrogens is 1. The zero-order valence-electron chi connectivity index (χ0n) is 10.4. The van der Waals surface area contributed by atoms with E-state index in [2.05, 4.69) is 4.98 Å². The Hall–Kier alpha value is -2.55. The minimum atomic E-state index is -4.57. The molecule has 2 aromatic rings. The topological polar surface area (TPSA) is 45.9 Å². The van der Waals surface area contributed by atoms with Crippen molar-refractivity contribution in [2.75, 3.05) is 7.11 Å². The third-order valence-corrected chi connectivity index (χ3v) is 2.72. The van der Waals surface area contributed by atoms with Crippen molar-refractivity contribution in [2.45, 2.75) is 6.18 Å². The molecule has 3 nitrogen and oxygen atoms in total. The highest BCUT2D eigenvalue weighted by molar-refractivity contribution is 5.65. The van der Waals surface area contributed by atoms with Crippen molar-refractivity contribution in [3.05, 3.63) is 47.7 Å². The number of methoxy groups -OCH3 is 1. The monoisotopic (exact) mass is 278 g/mol. The Bertz CT molecular complexity index is 658. The molecule has 1 aromatic heterocycles. The van der Waals surface area contributed by atoms with E-state index in [9.17, 15) is 13.2 Å². The largest absolute Gasteiger partial charge is 0.481 e. The van der Waals surface area contributed by atoms with E-state index in [1.54, 1.807) is 18.2 Å². The van der Waals surface area contributed by atoms with Gasteiger partial charge in [0.05, 0.1) is 24.3 Å². The van der Waals surface area contributed by atoms with Crippen LogP contribution in [0.25, 0.3) is 11.1 Å². The van der Waals surface area contributed by atoms with E-state index < -0.39 is 17.3 Å². The molecule has 102 valence electrons. The second kappa shape index (κ2) is 5.21. The molecule has 0 fully saturated rings. The van der Waals surface area contributed by atoms with Gasteiger partial charge < -0.3 is 4.74 Å². The number of rotatable bonds is 2. The van der Waals surface area contributed by atoms with Gasteiger partial charge in [0, 0.05) is 17.8 Å². The summed E-state index contributed by atoms with van der Waals surface area (Å²) in [5.74, 6) is 0.374. The third-order valence-electron chi connectivity index (χ3n) is 2.72. The normalized spacial score (nSPS) is 10.9. The lowest BCUT2D eigenvalue weighted by Gasteiger charge is -2.11. The van der Waals surface area contributed by atoms with E-state index in [1.165, 1.54) is 19.4 Å². The minimum Gasteiger partial charge on any atom is -0.481 e. The van der Waals surface area contributed by atoms with Crippen molar-refractivity contribution in [1.29, 1.82) is 5.26 Å². The predicted molar refractivity (Wildman–Crippen MR) is 65.9 cm³/mol. The van der Waals surface area contributed by atoms with Crippen molar-refractivity contribution >= 4 is 0 Å². The molecule has 2 rings (SSSR count). The molecule has 0 amide bonds. The maximum atomic E-state index is 12.9. The van der Waals surface area contributed by atoms with Crippen LogP contribution >= 0.6 is 0 Å². The maximum absolute atomic E-state index is 12.9. The van der Waals surface area contributed by atoms with Crippen LogP contribution in [0, 0.1) is 11.3 Å². The molecule has 0 atom stereocenters. The van der Waals surface area contributed by atoms with Crippen LogP contribution in [0.15, 0.2) is 36.5 Å². The van der Waals surface area contributed by atoms with E-state index >= 15 is 0 Å². The zero-order chi connectivity index (χ0) is 14.8. The lowest BCUT2D eigenvalue weighted by Crippen LogP contribution is -2.07. The molecule has 0 bridgehead atoms. The molecule has 0 spiro atoms. The highest BCUT2D eigenvalue weighted by Gasteiger charge is 2.33. The minimum absolute atomic E-state index is 0.339. The van der Waals surface area contributed by atoms with Gasteiger partial charge in [0.15, 0.2) is 0 Å². The molecule has 0 saturated heterocycles. The summed E-state index contributed by atoms with van der Waals surface area (Å²) in [6.45, 7) is 0. The fraction of sp³-hybridized carbons (Fsp3) is 0.143. The van der Waals surface area contributed by atoms with Gasteiger partial charge in [-0.1, -0.05) is 6.07 Å². The first-order chi connectivity index (χ1) is 9.45. The Labute approximate surface area is 113 Å². The first-order valence-electron chi connectivity index (χ1n) is 5.57. The molecular formula is C14H9F3N2O. The van der Waals surface area contributed by atoms with Gasteiger partial charge in [-0.25, -0.2) is 4.98 Å². The van der Waals surface area contributed by atoms with E-state index in [4.69, 9.17) is 10.00 Å². The smallest absolute Gasteiger partial charge is 0.417 e. The Balaban J connectivity index is 2.50. The number of alkyl halides is 3. The summed E-state index contributed by atoms with van der Waals surface area (Å²) < 4.78 is 43.5. The molecule has 1 heterocycles. The van der Waals surface area contributed by atoms with Crippen LogP contribution in [-0.4, -0.2) is 12.1 Å². The fourth-order valence-electron chi connectivity index (χ4n) is 1.73. The highest BCUT2D eigenvalue weighted by atomic mass is 19.4. The molecule has 1 aromatic carbocycles. The van der Waals surface area contributed by atoms with Crippen molar-refractivity contribution < 1.29 is 17.9 Å². The van der Waals surface area contributed by atoms with Crippen molar-refractivity contribution in [1.82, 2.24) is 4.98 Å². The Morgan fingerprint density at radius 1 is 1.15 bits per heavy atom. The Morgan fingerprint density at radius 2 is 1.85 bits per heavy atom. The Morgan fingerprint density at radius 3 is 2.35 bits per heavy atom. The van der Waals surface area contributed by atoms with Crippen molar-refractivity contribution in [2.24, 2.45) is 0 Å². The number of hydrogen-bond acceptors (Lipinski definition) is 3. The summed E-state index contributed by atoms with van der Waals surface area (Å²) >= 11 is 0. The maximum Gasteiger partial charge on any atom is 0.417 e. The zero-order valence-corrected chi connectivity index (χ0v) is 10.4. The van der Waals surface area contributed by atoms with Gasteiger partial charge in [-0.2, -0.15) is 18.4 Å². The van der Waals surface area contributed by atoms with Gasteiger partial charge in [0.25, 0.3) is 0 Å². The molecule has 0 N–H and O–H groups in total. The number of ether oxygens (including phenoxy) is 1. The summed E-state index contributed by atoms with van der Waals surface area (Å²) in [6, 6.07) is 8.26. The van der Waals surface area contributed by atoms with Crippen molar-refractivity contribution in [3.8, 4) is 23.1 Å². The molecule has 0 aliphatic heterocycles. The SMILES string of the molecule is COc1ccc(-c2ccc(C#N)c(C(F)(F)F)c2)cn1. The molecule has 6 heteroatoms. The number of hydrogen-bond donors (Lipinski definition) is 0. The molecule has 0 aliphatic rings. The number of pyridine rings is 1. The van der Waals surface area contributed by atoms with Crippen LogP contribution < -0.4 is 4.74 Å². The Kier molecular flexibility index (Phi) is 3.61. The van der Waals surface area contributed by atoms with Gasteiger partial charge in [0.2, 0.25) is 5.88 Å². The summed E-state index contributed by atoms with van der Waals surface area (Å²) in [5, 5.41) is 8.73. The van der Waals surface area contributed by atoms with E-state index in [-0.39, 0.29) is 0 Å². The van der Waals surface area contributed by atoms with Gasteiger partial charge >= 0.3 is 6.18 Å². The van der Waals surface area contributed by atoms with Crippen LogP contribution in [0.2, 0.25) is 0 Å². The van der Waals surface area contributed by atoms with Gasteiger partial charge in [0.1, 0.15) is 0 Å². The summed E-state index contributed by atoms with van der Waals surface area (Å²) in [7, 11) is 1.45. The average molecular weight is 278 g/mol. The summed E-state index contributed by atoms with van der Waals surface area (Å²) in [4.78, 5) is 3.94. The lowest BCUT2D eigenvalue weighted by atomic mass is 10.0. The molecule has 0 saturated carbocycles. The van der Waals surface area contributed by atoms with E-state index in [0.29, 0.717) is 17.0 Å². The fourth-order valence-corrected chi connectivity index (χ4v) is 1.73. The van der Waals surface area contributed by atoms with Gasteiger partial charge in [-0.3, -0.25) is 0 Å². The molecule has 20 heavy (non-hydrogen) atoms. The molecular weight excluding hydrogens is 269 g/mol. The number of benzene rings is 1.